The predicted octanol–water partition coefficient (Wildman–Crippen LogP) is 3.56. The number of hydrogen-bond donors (Lipinski definition) is 0. The van der Waals surface area contributed by atoms with Gasteiger partial charge in [0.1, 0.15) is 5.69 Å². The second-order valence-electron chi connectivity index (χ2n) is 9.15. The molecule has 164 valence electrons. The van der Waals surface area contributed by atoms with Crippen LogP contribution >= 0.6 is 0 Å². The summed E-state index contributed by atoms with van der Waals surface area (Å²) in [5.74, 6) is 1.51. The molecule has 0 aromatic carbocycles. The van der Waals surface area contributed by atoms with Gasteiger partial charge in [0.15, 0.2) is 11.5 Å². The van der Waals surface area contributed by atoms with Crippen molar-refractivity contribution >= 4 is 11.4 Å². The maximum absolute atomic E-state index is 13.4. The molecule has 1 aliphatic heterocycles. The van der Waals surface area contributed by atoms with Crippen molar-refractivity contribution in [1.82, 2.24) is 28.7 Å². The first-order valence-corrected chi connectivity index (χ1v) is 11.7. The summed E-state index contributed by atoms with van der Waals surface area (Å²) in [6, 6.07) is 5.93. The van der Waals surface area contributed by atoms with E-state index in [0.29, 0.717) is 5.69 Å². The van der Waals surface area contributed by atoms with Gasteiger partial charge >= 0.3 is 0 Å². The summed E-state index contributed by atoms with van der Waals surface area (Å²) in [6.07, 6.45) is 13.6. The van der Waals surface area contributed by atoms with E-state index in [-0.39, 0.29) is 5.91 Å². The second-order valence-corrected chi connectivity index (χ2v) is 9.15. The van der Waals surface area contributed by atoms with Crippen LogP contribution < -0.4 is 0 Å². The Morgan fingerprint density at radius 2 is 1.94 bits per heavy atom. The third kappa shape index (κ3) is 4.24. The molecule has 0 radical (unpaired) electrons. The number of amides is 1. The molecule has 0 N–H and O–H groups in total. The molecule has 1 amide bonds. The standard InChI is InChI=1S/C24H32N6O/c1-27-11-7-12-29(15-14-27)24(31)22-21-10-5-6-13-30(21)23(26-22)20-17-28(18-25-20)16-19-8-3-2-4-9-19/h5-6,10,13,17-19H,2-4,7-9,11-12,14-16H2,1H3. The quantitative estimate of drug-likeness (QED) is 0.648. The maximum atomic E-state index is 13.4. The van der Waals surface area contributed by atoms with Gasteiger partial charge in [0.05, 0.1) is 11.8 Å². The Balaban J connectivity index is 1.43. The van der Waals surface area contributed by atoms with Crippen LogP contribution in [0.4, 0.5) is 0 Å². The van der Waals surface area contributed by atoms with Gasteiger partial charge < -0.3 is 14.4 Å². The molecule has 5 rings (SSSR count). The second kappa shape index (κ2) is 8.83. The van der Waals surface area contributed by atoms with E-state index in [1.165, 1.54) is 32.1 Å². The highest BCUT2D eigenvalue weighted by Crippen LogP contribution is 2.27. The van der Waals surface area contributed by atoms with Crippen molar-refractivity contribution in [3.05, 3.63) is 42.6 Å². The number of imidazole rings is 2. The minimum Gasteiger partial charge on any atom is -0.336 e. The number of carbonyl (C=O) groups excluding carboxylic acids is 1. The molecule has 3 aromatic heterocycles. The Morgan fingerprint density at radius 3 is 2.81 bits per heavy atom. The minimum atomic E-state index is 0.0203. The predicted molar refractivity (Wildman–Crippen MR) is 121 cm³/mol. The number of likely N-dealkylation sites (N-methyl/N-ethyl adjacent to an activating group) is 1. The van der Waals surface area contributed by atoms with Crippen LogP contribution in [0, 0.1) is 5.92 Å². The number of aromatic nitrogens is 4. The number of rotatable bonds is 4. The van der Waals surface area contributed by atoms with E-state index < -0.39 is 0 Å². The van der Waals surface area contributed by atoms with Gasteiger partial charge in [-0.05, 0) is 50.9 Å². The average molecular weight is 421 g/mol. The Bertz CT molecular complexity index is 1050. The topological polar surface area (TPSA) is 58.7 Å². The van der Waals surface area contributed by atoms with Crippen LogP contribution in [-0.4, -0.2) is 67.9 Å². The third-order valence-electron chi connectivity index (χ3n) is 6.81. The molecule has 0 atom stereocenters. The fourth-order valence-electron chi connectivity index (χ4n) is 5.02. The van der Waals surface area contributed by atoms with Crippen molar-refractivity contribution in [2.75, 3.05) is 33.2 Å². The number of pyridine rings is 1. The highest BCUT2D eigenvalue weighted by molar-refractivity contribution is 6.00. The normalized spacial score (nSPS) is 19.1. The Kier molecular flexibility index (Phi) is 5.76. The first-order valence-electron chi connectivity index (χ1n) is 11.7. The molecular formula is C24H32N6O. The molecule has 3 aromatic rings. The molecule has 7 nitrogen and oxygen atoms in total. The molecule has 2 aliphatic rings. The van der Waals surface area contributed by atoms with E-state index in [9.17, 15) is 4.79 Å². The summed E-state index contributed by atoms with van der Waals surface area (Å²) in [4.78, 5) is 27.1. The minimum absolute atomic E-state index is 0.0203. The van der Waals surface area contributed by atoms with Crippen LogP contribution in [0.25, 0.3) is 17.0 Å². The van der Waals surface area contributed by atoms with Crippen molar-refractivity contribution in [3.8, 4) is 11.5 Å². The smallest absolute Gasteiger partial charge is 0.274 e. The summed E-state index contributed by atoms with van der Waals surface area (Å²) < 4.78 is 4.20. The largest absolute Gasteiger partial charge is 0.336 e. The lowest BCUT2D eigenvalue weighted by molar-refractivity contribution is 0.0759. The van der Waals surface area contributed by atoms with Crippen molar-refractivity contribution in [2.45, 2.75) is 45.1 Å². The summed E-state index contributed by atoms with van der Waals surface area (Å²) in [5.41, 5.74) is 2.20. The fourth-order valence-corrected chi connectivity index (χ4v) is 5.02. The van der Waals surface area contributed by atoms with Crippen LogP contribution in [-0.2, 0) is 6.54 Å². The van der Waals surface area contributed by atoms with Crippen molar-refractivity contribution in [3.63, 3.8) is 0 Å². The Morgan fingerprint density at radius 1 is 1.06 bits per heavy atom. The fraction of sp³-hybridized carbons (Fsp3) is 0.542. The van der Waals surface area contributed by atoms with Gasteiger partial charge in [-0.25, -0.2) is 9.97 Å². The lowest BCUT2D eigenvalue weighted by Crippen LogP contribution is -2.34. The first-order chi connectivity index (χ1) is 15.2. The number of carbonyl (C=O) groups is 1. The van der Waals surface area contributed by atoms with Crippen LogP contribution in [0.15, 0.2) is 36.9 Å². The lowest BCUT2D eigenvalue weighted by atomic mass is 9.89. The molecule has 4 heterocycles. The van der Waals surface area contributed by atoms with E-state index in [0.717, 1.165) is 62.1 Å². The van der Waals surface area contributed by atoms with Gasteiger partial charge in [0.2, 0.25) is 0 Å². The molecule has 2 fully saturated rings. The summed E-state index contributed by atoms with van der Waals surface area (Å²) in [7, 11) is 2.11. The maximum Gasteiger partial charge on any atom is 0.274 e. The van der Waals surface area contributed by atoms with E-state index in [1.54, 1.807) is 0 Å². The van der Waals surface area contributed by atoms with Gasteiger partial charge in [-0.2, -0.15) is 0 Å². The van der Waals surface area contributed by atoms with Gasteiger partial charge in [0.25, 0.3) is 5.91 Å². The van der Waals surface area contributed by atoms with Crippen molar-refractivity contribution in [2.24, 2.45) is 5.92 Å². The van der Waals surface area contributed by atoms with E-state index in [1.807, 2.05) is 40.0 Å². The van der Waals surface area contributed by atoms with E-state index in [4.69, 9.17) is 4.98 Å². The van der Waals surface area contributed by atoms with Crippen molar-refractivity contribution in [1.29, 1.82) is 0 Å². The average Bonchev–Trinajstić information content (AvgIpc) is 3.34. The summed E-state index contributed by atoms with van der Waals surface area (Å²) in [6.45, 7) is 4.46. The molecule has 0 unspecified atom stereocenters. The van der Waals surface area contributed by atoms with Crippen LogP contribution in [0.1, 0.15) is 49.0 Å². The molecule has 1 aliphatic carbocycles. The SMILES string of the molecule is CN1CCCN(C(=O)c2nc(-c3cn(CC4CCCCC4)cn3)n3ccccc23)CC1. The summed E-state index contributed by atoms with van der Waals surface area (Å²) >= 11 is 0. The zero-order chi connectivity index (χ0) is 21.2. The Hall–Kier alpha value is -2.67. The molecule has 1 saturated heterocycles. The summed E-state index contributed by atoms with van der Waals surface area (Å²) in [5, 5.41) is 0. The van der Waals surface area contributed by atoms with Gasteiger partial charge in [-0.3, -0.25) is 9.20 Å². The Labute approximate surface area is 183 Å². The van der Waals surface area contributed by atoms with Crippen molar-refractivity contribution < 1.29 is 4.79 Å². The molecule has 1 saturated carbocycles. The molecule has 31 heavy (non-hydrogen) atoms. The highest BCUT2D eigenvalue weighted by atomic mass is 16.2. The number of nitrogens with zero attached hydrogens (tertiary/aromatic N) is 6. The number of fused-ring (bicyclic) bond motifs is 1. The van der Waals surface area contributed by atoms with Gasteiger partial charge in [-0.15, -0.1) is 0 Å². The third-order valence-corrected chi connectivity index (χ3v) is 6.81. The molecule has 0 bridgehead atoms. The monoisotopic (exact) mass is 420 g/mol. The zero-order valence-corrected chi connectivity index (χ0v) is 18.4. The van der Waals surface area contributed by atoms with E-state index >= 15 is 0 Å². The van der Waals surface area contributed by atoms with Gasteiger partial charge in [0, 0.05) is 38.6 Å². The molecular weight excluding hydrogens is 388 g/mol. The first kappa shape index (κ1) is 20.2. The van der Waals surface area contributed by atoms with Gasteiger partial charge in [-0.1, -0.05) is 25.3 Å². The number of hydrogen-bond acceptors (Lipinski definition) is 4. The molecule has 0 spiro atoms. The highest BCUT2D eigenvalue weighted by Gasteiger charge is 2.25. The molecule has 7 heteroatoms. The van der Waals surface area contributed by atoms with Crippen LogP contribution in [0.2, 0.25) is 0 Å². The van der Waals surface area contributed by atoms with Crippen LogP contribution in [0.5, 0.6) is 0 Å². The van der Waals surface area contributed by atoms with Crippen LogP contribution in [0.3, 0.4) is 0 Å². The zero-order valence-electron chi connectivity index (χ0n) is 18.4. The lowest BCUT2D eigenvalue weighted by Gasteiger charge is -2.21. The van der Waals surface area contributed by atoms with E-state index in [2.05, 4.69) is 27.7 Å².